The van der Waals surface area contributed by atoms with Crippen LogP contribution in [0.3, 0.4) is 0 Å². The highest BCUT2D eigenvalue weighted by molar-refractivity contribution is 5.73. The van der Waals surface area contributed by atoms with Gasteiger partial charge in [-0.05, 0) is 31.6 Å². The minimum Gasteiger partial charge on any atom is -0.355 e. The molecule has 22 heavy (non-hydrogen) atoms. The molecule has 3 rings (SSSR count). The molecular formula is C17H26N4O. The van der Waals surface area contributed by atoms with E-state index in [4.69, 9.17) is 4.98 Å². The van der Waals surface area contributed by atoms with E-state index in [0.29, 0.717) is 5.92 Å². The van der Waals surface area contributed by atoms with Gasteiger partial charge in [-0.2, -0.15) is 0 Å². The van der Waals surface area contributed by atoms with Gasteiger partial charge in [0.25, 0.3) is 0 Å². The van der Waals surface area contributed by atoms with Crippen molar-refractivity contribution in [2.75, 3.05) is 31.1 Å². The largest absolute Gasteiger partial charge is 0.355 e. The summed E-state index contributed by atoms with van der Waals surface area (Å²) in [5, 5.41) is 0. The highest BCUT2D eigenvalue weighted by atomic mass is 16.2. The lowest BCUT2D eigenvalue weighted by Gasteiger charge is -2.33. The molecule has 1 aromatic heterocycles. The highest BCUT2D eigenvalue weighted by Gasteiger charge is 2.25. The van der Waals surface area contributed by atoms with Gasteiger partial charge in [0.1, 0.15) is 5.82 Å². The Bertz CT molecular complexity index is 525. The van der Waals surface area contributed by atoms with Crippen molar-refractivity contribution in [3.63, 3.8) is 0 Å². The van der Waals surface area contributed by atoms with Crippen LogP contribution in [-0.4, -0.2) is 47.0 Å². The highest BCUT2D eigenvalue weighted by Crippen LogP contribution is 2.27. The molecule has 1 aromatic rings. The first-order valence-corrected chi connectivity index (χ1v) is 8.46. The molecule has 5 heteroatoms. The van der Waals surface area contributed by atoms with Gasteiger partial charge in [0.05, 0.1) is 11.9 Å². The van der Waals surface area contributed by atoms with Gasteiger partial charge < -0.3 is 9.80 Å². The fourth-order valence-corrected chi connectivity index (χ4v) is 3.46. The monoisotopic (exact) mass is 302 g/mol. The van der Waals surface area contributed by atoms with Crippen LogP contribution >= 0.6 is 0 Å². The Morgan fingerprint density at radius 1 is 1.18 bits per heavy atom. The van der Waals surface area contributed by atoms with Gasteiger partial charge in [-0.3, -0.25) is 9.78 Å². The summed E-state index contributed by atoms with van der Waals surface area (Å²) in [6.07, 6.45) is 8.37. The number of hydrogen-bond acceptors (Lipinski definition) is 4. The molecule has 1 atom stereocenters. The maximum atomic E-state index is 11.6. The van der Waals surface area contributed by atoms with Crippen molar-refractivity contribution in [1.29, 1.82) is 0 Å². The molecule has 2 aliphatic heterocycles. The lowest BCUT2D eigenvalue weighted by atomic mass is 9.95. The minimum absolute atomic E-state index is 0.166. The molecule has 1 unspecified atom stereocenters. The van der Waals surface area contributed by atoms with E-state index in [-0.39, 0.29) is 5.91 Å². The lowest BCUT2D eigenvalue weighted by Crippen LogP contribution is -2.38. The number of aromatic nitrogens is 2. The average Bonchev–Trinajstić information content (AvgIpc) is 2.56. The molecule has 0 N–H and O–H groups in total. The first-order valence-electron chi connectivity index (χ1n) is 8.46. The number of hydrogen-bond donors (Lipinski definition) is 0. The summed E-state index contributed by atoms with van der Waals surface area (Å²) in [7, 11) is 0. The van der Waals surface area contributed by atoms with Crippen molar-refractivity contribution in [2.45, 2.75) is 45.4 Å². The van der Waals surface area contributed by atoms with Crippen molar-refractivity contribution >= 4 is 11.7 Å². The van der Waals surface area contributed by atoms with Gasteiger partial charge >= 0.3 is 0 Å². The Hall–Kier alpha value is -1.65. The SMILES string of the molecule is CC(=O)N1CCCC(c2cncc(N3CCC(C)CC3)n2)C1. The number of carbonyl (C=O) groups excluding carboxylic acids is 1. The molecule has 0 aliphatic carbocycles. The predicted molar refractivity (Wildman–Crippen MR) is 86.9 cm³/mol. The summed E-state index contributed by atoms with van der Waals surface area (Å²) in [5.74, 6) is 2.31. The van der Waals surface area contributed by atoms with Crippen LogP contribution in [0.5, 0.6) is 0 Å². The van der Waals surface area contributed by atoms with E-state index in [1.165, 1.54) is 12.8 Å². The van der Waals surface area contributed by atoms with Gasteiger partial charge in [0, 0.05) is 45.2 Å². The van der Waals surface area contributed by atoms with Crippen molar-refractivity contribution in [3.8, 4) is 0 Å². The first-order chi connectivity index (χ1) is 10.6. The molecule has 2 aliphatic rings. The van der Waals surface area contributed by atoms with Crippen molar-refractivity contribution in [3.05, 3.63) is 18.1 Å². The van der Waals surface area contributed by atoms with E-state index in [9.17, 15) is 4.79 Å². The van der Waals surface area contributed by atoms with Crippen LogP contribution in [0.2, 0.25) is 0 Å². The molecule has 1 amide bonds. The zero-order chi connectivity index (χ0) is 15.5. The molecule has 0 saturated carbocycles. The van der Waals surface area contributed by atoms with Gasteiger partial charge in [0.2, 0.25) is 5.91 Å². The summed E-state index contributed by atoms with van der Waals surface area (Å²) < 4.78 is 0. The van der Waals surface area contributed by atoms with Gasteiger partial charge in [-0.1, -0.05) is 6.92 Å². The molecule has 0 bridgehead atoms. The smallest absolute Gasteiger partial charge is 0.219 e. The molecule has 0 radical (unpaired) electrons. The Morgan fingerprint density at radius 3 is 2.68 bits per heavy atom. The van der Waals surface area contributed by atoms with Crippen LogP contribution < -0.4 is 4.90 Å². The number of nitrogens with zero attached hydrogens (tertiary/aromatic N) is 4. The van der Waals surface area contributed by atoms with Crippen LogP contribution in [0, 0.1) is 5.92 Å². The molecule has 3 heterocycles. The lowest BCUT2D eigenvalue weighted by molar-refractivity contribution is -0.130. The molecule has 5 nitrogen and oxygen atoms in total. The second-order valence-corrected chi connectivity index (χ2v) is 6.78. The van der Waals surface area contributed by atoms with Crippen LogP contribution in [0.25, 0.3) is 0 Å². The zero-order valence-electron chi connectivity index (χ0n) is 13.7. The van der Waals surface area contributed by atoms with Crippen LogP contribution in [0.15, 0.2) is 12.4 Å². The summed E-state index contributed by atoms with van der Waals surface area (Å²) in [6, 6.07) is 0. The van der Waals surface area contributed by atoms with E-state index in [2.05, 4.69) is 16.8 Å². The van der Waals surface area contributed by atoms with Crippen molar-refractivity contribution in [2.24, 2.45) is 5.92 Å². The Morgan fingerprint density at radius 2 is 1.95 bits per heavy atom. The van der Waals surface area contributed by atoms with Crippen LogP contribution in [0.1, 0.15) is 51.1 Å². The Balaban J connectivity index is 1.72. The fourth-order valence-electron chi connectivity index (χ4n) is 3.46. The fraction of sp³-hybridized carbons (Fsp3) is 0.706. The third-order valence-corrected chi connectivity index (χ3v) is 5.03. The normalized spacial score (nSPS) is 23.6. The van der Waals surface area contributed by atoms with E-state index < -0.39 is 0 Å². The molecule has 0 aromatic carbocycles. The van der Waals surface area contributed by atoms with Crippen LogP contribution in [0.4, 0.5) is 5.82 Å². The molecule has 2 fully saturated rings. The van der Waals surface area contributed by atoms with Crippen molar-refractivity contribution < 1.29 is 4.79 Å². The van der Waals surface area contributed by atoms with Crippen LogP contribution in [-0.2, 0) is 4.79 Å². The number of carbonyl (C=O) groups is 1. The molecule has 120 valence electrons. The van der Waals surface area contributed by atoms with Gasteiger partial charge in [-0.15, -0.1) is 0 Å². The summed E-state index contributed by atoms with van der Waals surface area (Å²) in [5.41, 5.74) is 1.04. The number of likely N-dealkylation sites (tertiary alicyclic amines) is 1. The number of amides is 1. The molecule has 0 spiro atoms. The van der Waals surface area contributed by atoms with Gasteiger partial charge in [-0.25, -0.2) is 4.98 Å². The number of rotatable bonds is 2. The molecule has 2 saturated heterocycles. The minimum atomic E-state index is 0.166. The third kappa shape index (κ3) is 3.39. The number of piperidine rings is 2. The van der Waals surface area contributed by atoms with Crippen molar-refractivity contribution in [1.82, 2.24) is 14.9 Å². The average molecular weight is 302 g/mol. The maximum Gasteiger partial charge on any atom is 0.219 e. The van der Waals surface area contributed by atoms with E-state index >= 15 is 0 Å². The molecular weight excluding hydrogens is 276 g/mol. The summed E-state index contributed by atoms with van der Waals surface area (Å²) in [6.45, 7) is 7.78. The predicted octanol–water partition coefficient (Wildman–Crippen LogP) is 2.44. The van der Waals surface area contributed by atoms with E-state index in [1.807, 2.05) is 17.3 Å². The quantitative estimate of drug-likeness (QED) is 0.842. The Labute approximate surface area is 132 Å². The zero-order valence-corrected chi connectivity index (χ0v) is 13.7. The van der Waals surface area contributed by atoms with E-state index in [1.54, 1.807) is 6.92 Å². The third-order valence-electron chi connectivity index (χ3n) is 5.03. The topological polar surface area (TPSA) is 49.3 Å². The van der Waals surface area contributed by atoms with E-state index in [0.717, 1.165) is 56.5 Å². The second kappa shape index (κ2) is 6.63. The summed E-state index contributed by atoms with van der Waals surface area (Å²) >= 11 is 0. The number of anilines is 1. The summed E-state index contributed by atoms with van der Waals surface area (Å²) in [4.78, 5) is 25.2. The van der Waals surface area contributed by atoms with Gasteiger partial charge in [0.15, 0.2) is 0 Å². The maximum absolute atomic E-state index is 11.6. The first kappa shape index (κ1) is 15.3. The second-order valence-electron chi connectivity index (χ2n) is 6.78. The Kier molecular flexibility index (Phi) is 4.60. The standard InChI is InChI=1S/C17H26N4O/c1-13-5-8-20(9-6-13)17-11-18-10-16(19-17)15-4-3-7-21(12-15)14(2)22/h10-11,13,15H,3-9,12H2,1-2H3.